The van der Waals surface area contributed by atoms with Crippen LogP contribution in [0.4, 0.5) is 0 Å². The number of carbonyl (C=O) groups excluding carboxylic acids is 2. The van der Waals surface area contributed by atoms with Crippen molar-refractivity contribution >= 4 is 11.8 Å². The Bertz CT molecular complexity index is 463. The van der Waals surface area contributed by atoms with Crippen LogP contribution in [0.3, 0.4) is 0 Å². The SMILES string of the molecule is CCCc1cc(OC)c(OC(C)=O)cc1C(C)=O. The number of rotatable bonds is 5. The smallest absolute Gasteiger partial charge is 0.308 e. The number of benzene rings is 1. The van der Waals surface area contributed by atoms with Gasteiger partial charge in [-0.2, -0.15) is 0 Å². The van der Waals surface area contributed by atoms with Gasteiger partial charge < -0.3 is 9.47 Å². The molecule has 1 aromatic carbocycles. The van der Waals surface area contributed by atoms with Crippen LogP contribution in [0.5, 0.6) is 11.5 Å². The predicted octanol–water partition coefficient (Wildman–Crippen LogP) is 2.78. The van der Waals surface area contributed by atoms with Gasteiger partial charge in [0.25, 0.3) is 0 Å². The summed E-state index contributed by atoms with van der Waals surface area (Å²) in [5, 5.41) is 0. The largest absolute Gasteiger partial charge is 0.493 e. The van der Waals surface area contributed by atoms with Gasteiger partial charge in [0.2, 0.25) is 0 Å². The van der Waals surface area contributed by atoms with E-state index >= 15 is 0 Å². The third-order valence-electron chi connectivity index (χ3n) is 2.54. The summed E-state index contributed by atoms with van der Waals surface area (Å²) >= 11 is 0. The van der Waals surface area contributed by atoms with Crippen molar-refractivity contribution in [3.05, 3.63) is 23.3 Å². The normalized spacial score (nSPS) is 10.0. The van der Waals surface area contributed by atoms with Crippen LogP contribution in [0, 0.1) is 0 Å². The van der Waals surface area contributed by atoms with Gasteiger partial charge in [-0.05, 0) is 31.0 Å². The number of methoxy groups -OCH3 is 1. The molecule has 98 valence electrons. The molecule has 4 nitrogen and oxygen atoms in total. The molecule has 0 spiro atoms. The first-order valence-corrected chi connectivity index (χ1v) is 5.89. The first kappa shape index (κ1) is 14.2. The molecule has 4 heteroatoms. The molecule has 0 bridgehead atoms. The van der Waals surface area contributed by atoms with Crippen molar-refractivity contribution in [3.8, 4) is 11.5 Å². The van der Waals surface area contributed by atoms with E-state index in [1.807, 2.05) is 6.92 Å². The second-order valence-corrected chi connectivity index (χ2v) is 4.06. The fraction of sp³-hybridized carbons (Fsp3) is 0.429. The molecule has 0 radical (unpaired) electrons. The molecule has 0 aliphatic rings. The number of carbonyl (C=O) groups is 2. The van der Waals surface area contributed by atoms with Crippen molar-refractivity contribution in [2.45, 2.75) is 33.6 Å². The molecular formula is C14H18O4. The van der Waals surface area contributed by atoms with Crippen molar-refractivity contribution in [1.29, 1.82) is 0 Å². The summed E-state index contributed by atoms with van der Waals surface area (Å²) in [4.78, 5) is 22.6. The molecule has 0 amide bonds. The van der Waals surface area contributed by atoms with Gasteiger partial charge in [0.15, 0.2) is 17.3 Å². The molecule has 0 saturated heterocycles. The van der Waals surface area contributed by atoms with Gasteiger partial charge in [-0.1, -0.05) is 13.3 Å². The van der Waals surface area contributed by atoms with E-state index in [1.165, 1.54) is 21.0 Å². The van der Waals surface area contributed by atoms with Crippen molar-refractivity contribution < 1.29 is 19.1 Å². The van der Waals surface area contributed by atoms with Crippen LogP contribution in [0.15, 0.2) is 12.1 Å². The number of ketones is 1. The summed E-state index contributed by atoms with van der Waals surface area (Å²) in [6.07, 6.45) is 1.71. The maximum absolute atomic E-state index is 11.6. The highest BCUT2D eigenvalue weighted by Crippen LogP contribution is 2.31. The third kappa shape index (κ3) is 3.32. The second kappa shape index (κ2) is 6.19. The van der Waals surface area contributed by atoms with Crippen LogP contribution >= 0.6 is 0 Å². The zero-order valence-electron chi connectivity index (χ0n) is 11.2. The van der Waals surface area contributed by atoms with Crippen molar-refractivity contribution in [3.63, 3.8) is 0 Å². The lowest BCUT2D eigenvalue weighted by Gasteiger charge is -2.13. The molecule has 1 rings (SSSR count). The van der Waals surface area contributed by atoms with Crippen LogP contribution in [-0.2, 0) is 11.2 Å². The average molecular weight is 250 g/mol. The Morgan fingerprint density at radius 1 is 1.17 bits per heavy atom. The average Bonchev–Trinajstić information content (AvgIpc) is 2.29. The monoisotopic (exact) mass is 250 g/mol. The first-order chi connectivity index (χ1) is 8.49. The topological polar surface area (TPSA) is 52.6 Å². The van der Waals surface area contributed by atoms with E-state index < -0.39 is 5.97 Å². The van der Waals surface area contributed by atoms with Crippen LogP contribution in [0.2, 0.25) is 0 Å². The van der Waals surface area contributed by atoms with E-state index in [0.717, 1.165) is 18.4 Å². The Labute approximate surface area is 107 Å². The zero-order chi connectivity index (χ0) is 13.7. The summed E-state index contributed by atoms with van der Waals surface area (Å²) in [6, 6.07) is 3.34. The van der Waals surface area contributed by atoms with Crippen molar-refractivity contribution in [1.82, 2.24) is 0 Å². The lowest BCUT2D eigenvalue weighted by atomic mass is 9.99. The second-order valence-electron chi connectivity index (χ2n) is 4.06. The minimum Gasteiger partial charge on any atom is -0.493 e. The van der Waals surface area contributed by atoms with Crippen molar-refractivity contribution in [2.75, 3.05) is 7.11 Å². The summed E-state index contributed by atoms with van der Waals surface area (Å²) in [6.45, 7) is 4.85. The predicted molar refractivity (Wildman–Crippen MR) is 68.3 cm³/mol. The number of hydrogen-bond acceptors (Lipinski definition) is 4. The summed E-state index contributed by atoms with van der Waals surface area (Å²) in [5.41, 5.74) is 1.49. The van der Waals surface area contributed by atoms with E-state index in [2.05, 4.69) is 0 Å². The lowest BCUT2D eigenvalue weighted by Crippen LogP contribution is -2.07. The molecule has 0 saturated carbocycles. The van der Waals surface area contributed by atoms with E-state index in [-0.39, 0.29) is 11.5 Å². The molecule has 0 fully saturated rings. The Hall–Kier alpha value is -1.84. The van der Waals surface area contributed by atoms with Crippen LogP contribution in [0.1, 0.15) is 43.1 Å². The van der Waals surface area contributed by atoms with Gasteiger partial charge >= 0.3 is 5.97 Å². The Kier molecular flexibility index (Phi) is 4.89. The van der Waals surface area contributed by atoms with Gasteiger partial charge in [-0.25, -0.2) is 0 Å². The quantitative estimate of drug-likeness (QED) is 0.458. The fourth-order valence-corrected chi connectivity index (χ4v) is 1.80. The van der Waals surface area contributed by atoms with Gasteiger partial charge in [0.1, 0.15) is 0 Å². The molecule has 1 aromatic rings. The highest BCUT2D eigenvalue weighted by molar-refractivity contribution is 5.96. The van der Waals surface area contributed by atoms with Crippen molar-refractivity contribution in [2.24, 2.45) is 0 Å². The number of esters is 1. The lowest BCUT2D eigenvalue weighted by molar-refractivity contribution is -0.132. The van der Waals surface area contributed by atoms with Crippen LogP contribution in [-0.4, -0.2) is 18.9 Å². The van der Waals surface area contributed by atoms with Gasteiger partial charge in [0.05, 0.1) is 7.11 Å². The first-order valence-electron chi connectivity index (χ1n) is 5.89. The molecule has 0 aromatic heterocycles. The molecular weight excluding hydrogens is 232 g/mol. The Morgan fingerprint density at radius 3 is 2.28 bits per heavy atom. The molecule has 0 unspecified atom stereocenters. The minimum absolute atomic E-state index is 0.0468. The maximum atomic E-state index is 11.6. The third-order valence-corrected chi connectivity index (χ3v) is 2.54. The molecule has 0 N–H and O–H groups in total. The van der Waals surface area contributed by atoms with Crippen LogP contribution in [0.25, 0.3) is 0 Å². The molecule has 18 heavy (non-hydrogen) atoms. The summed E-state index contributed by atoms with van der Waals surface area (Å²) < 4.78 is 10.2. The zero-order valence-corrected chi connectivity index (χ0v) is 11.2. The molecule has 0 aliphatic heterocycles. The highest BCUT2D eigenvalue weighted by Gasteiger charge is 2.15. The standard InChI is InChI=1S/C14H18O4/c1-5-6-11-7-13(17-4)14(18-10(3)16)8-12(11)9(2)15/h7-8H,5-6H2,1-4H3. The van der Waals surface area contributed by atoms with E-state index in [0.29, 0.717) is 11.3 Å². The molecule has 0 atom stereocenters. The number of Topliss-reactive ketones (excluding diaryl/α,β-unsaturated/α-hetero) is 1. The number of aryl methyl sites for hydroxylation is 1. The number of ether oxygens (including phenoxy) is 2. The Balaban J connectivity index is 3.31. The van der Waals surface area contributed by atoms with Gasteiger partial charge in [-0.15, -0.1) is 0 Å². The molecule has 0 heterocycles. The summed E-state index contributed by atoms with van der Waals surface area (Å²) in [5.74, 6) is 0.272. The van der Waals surface area contributed by atoms with Gasteiger partial charge in [0, 0.05) is 12.5 Å². The summed E-state index contributed by atoms with van der Waals surface area (Å²) in [7, 11) is 1.51. The Morgan fingerprint density at radius 2 is 1.83 bits per heavy atom. The maximum Gasteiger partial charge on any atom is 0.308 e. The van der Waals surface area contributed by atoms with E-state index in [4.69, 9.17) is 9.47 Å². The minimum atomic E-state index is -0.439. The molecule has 0 aliphatic carbocycles. The highest BCUT2D eigenvalue weighted by atomic mass is 16.6. The fourth-order valence-electron chi connectivity index (χ4n) is 1.80. The van der Waals surface area contributed by atoms with E-state index in [1.54, 1.807) is 12.1 Å². The van der Waals surface area contributed by atoms with Gasteiger partial charge in [-0.3, -0.25) is 9.59 Å². The van der Waals surface area contributed by atoms with Crippen LogP contribution < -0.4 is 9.47 Å². The van der Waals surface area contributed by atoms with E-state index in [9.17, 15) is 9.59 Å². The number of hydrogen-bond donors (Lipinski definition) is 0.